The maximum Gasteiger partial charge on any atom is 0.282 e. The highest BCUT2D eigenvalue weighted by molar-refractivity contribution is 7.95. The van der Waals surface area contributed by atoms with E-state index in [-0.39, 0.29) is 17.4 Å². The first-order valence-corrected chi connectivity index (χ1v) is 13.3. The molecule has 1 fully saturated rings. The van der Waals surface area contributed by atoms with Crippen LogP contribution in [0.4, 0.5) is 5.69 Å². The topological polar surface area (TPSA) is 96.7 Å². The number of benzene rings is 2. The molecular formula is C29H30N4O4S. The fourth-order valence-corrected chi connectivity index (χ4v) is 5.20. The van der Waals surface area contributed by atoms with E-state index >= 15 is 0 Å². The summed E-state index contributed by atoms with van der Waals surface area (Å²) in [5.41, 5.74) is 4.56. The van der Waals surface area contributed by atoms with Gasteiger partial charge in [-0.3, -0.25) is 14.3 Å². The Morgan fingerprint density at radius 2 is 1.84 bits per heavy atom. The van der Waals surface area contributed by atoms with Gasteiger partial charge in [0.2, 0.25) is 0 Å². The number of morpholine rings is 1. The molecule has 8 nitrogen and oxygen atoms in total. The van der Waals surface area contributed by atoms with Crippen molar-refractivity contribution < 1.29 is 13.9 Å². The van der Waals surface area contributed by atoms with Gasteiger partial charge in [-0.2, -0.15) is 0 Å². The second-order valence-corrected chi connectivity index (χ2v) is 10.2. The van der Waals surface area contributed by atoms with Gasteiger partial charge in [-0.25, -0.2) is 9.29 Å². The molecule has 0 radical (unpaired) electrons. The van der Waals surface area contributed by atoms with Crippen molar-refractivity contribution in [2.45, 2.75) is 26.8 Å². The summed E-state index contributed by atoms with van der Waals surface area (Å²) in [4.78, 5) is 30.8. The highest BCUT2D eigenvalue weighted by Crippen LogP contribution is 2.32. The van der Waals surface area contributed by atoms with Gasteiger partial charge in [0.05, 0.1) is 30.3 Å². The van der Waals surface area contributed by atoms with Crippen LogP contribution >= 0.6 is 12.1 Å². The molecule has 1 amide bonds. The molecule has 3 heterocycles. The second-order valence-electron chi connectivity index (χ2n) is 9.31. The Morgan fingerprint density at radius 3 is 2.61 bits per heavy atom. The number of nitrogens with one attached hydrogen (secondary N) is 2. The Kier molecular flexibility index (Phi) is 7.78. The predicted molar refractivity (Wildman–Crippen MR) is 151 cm³/mol. The molecular weight excluding hydrogens is 500 g/mol. The molecule has 9 heteroatoms. The number of ether oxygens (including phenoxy) is 1. The Bertz CT molecular complexity index is 1520. The number of rotatable bonds is 7. The van der Waals surface area contributed by atoms with Gasteiger partial charge in [0, 0.05) is 48.1 Å². The zero-order valence-electron chi connectivity index (χ0n) is 21.6. The van der Waals surface area contributed by atoms with Crippen LogP contribution in [-0.4, -0.2) is 41.5 Å². The van der Waals surface area contributed by atoms with E-state index in [0.29, 0.717) is 46.9 Å². The summed E-state index contributed by atoms with van der Waals surface area (Å²) in [5.74, 6) is 0.265. The van der Waals surface area contributed by atoms with Crippen molar-refractivity contribution >= 4 is 34.7 Å². The Morgan fingerprint density at radius 1 is 1.08 bits per heavy atom. The van der Waals surface area contributed by atoms with Crippen molar-refractivity contribution in [2.24, 2.45) is 0 Å². The number of anilines is 1. The van der Waals surface area contributed by atoms with E-state index in [2.05, 4.69) is 15.0 Å². The summed E-state index contributed by atoms with van der Waals surface area (Å²) in [6.07, 6.45) is 1.60. The minimum atomic E-state index is -0.292. The molecule has 0 saturated carbocycles. The maximum atomic E-state index is 13.4. The fourth-order valence-electron chi connectivity index (χ4n) is 4.56. The number of aryl methyl sites for hydroxylation is 1. The number of hydrogen-bond acceptors (Lipinski definition) is 8. The van der Waals surface area contributed by atoms with E-state index < -0.39 is 0 Å². The van der Waals surface area contributed by atoms with Crippen LogP contribution < -0.4 is 15.5 Å². The summed E-state index contributed by atoms with van der Waals surface area (Å²) in [6, 6.07) is 16.8. The van der Waals surface area contributed by atoms with E-state index in [1.54, 1.807) is 19.2 Å². The van der Waals surface area contributed by atoms with Crippen LogP contribution in [0.2, 0.25) is 0 Å². The zero-order valence-corrected chi connectivity index (χ0v) is 22.4. The van der Waals surface area contributed by atoms with E-state index in [4.69, 9.17) is 9.15 Å². The van der Waals surface area contributed by atoms with Crippen molar-refractivity contribution in [1.29, 1.82) is 0 Å². The van der Waals surface area contributed by atoms with Crippen molar-refractivity contribution in [3.63, 3.8) is 0 Å². The van der Waals surface area contributed by atoms with Crippen LogP contribution in [0.5, 0.6) is 0 Å². The fraction of sp³-hybridized carbons (Fsp3) is 0.276. The average molecular weight is 531 g/mol. The van der Waals surface area contributed by atoms with E-state index in [1.807, 2.05) is 66.7 Å². The Labute approximate surface area is 225 Å². The molecule has 2 aromatic carbocycles. The van der Waals surface area contributed by atoms with Crippen LogP contribution in [0, 0.1) is 13.8 Å². The number of pyridine rings is 1. The lowest BCUT2D eigenvalue weighted by Crippen LogP contribution is -2.35. The van der Waals surface area contributed by atoms with E-state index in [0.717, 1.165) is 29.8 Å². The lowest BCUT2D eigenvalue weighted by atomic mass is 9.98. The summed E-state index contributed by atoms with van der Waals surface area (Å²) in [6.45, 7) is 8.50. The number of amides is 1. The predicted octanol–water partition coefficient (Wildman–Crippen LogP) is 5.27. The summed E-state index contributed by atoms with van der Waals surface area (Å²) in [7, 11) is 0. The molecule has 1 unspecified atom stereocenters. The van der Waals surface area contributed by atoms with E-state index in [9.17, 15) is 9.59 Å². The molecule has 0 aliphatic carbocycles. The molecule has 1 atom stereocenters. The number of fused-ring (bicyclic) bond motifs is 1. The largest absolute Gasteiger partial charge is 0.455 e. The summed E-state index contributed by atoms with van der Waals surface area (Å²) in [5, 5.41) is 3.97. The van der Waals surface area contributed by atoms with Gasteiger partial charge in [-0.05, 0) is 44.5 Å². The summed E-state index contributed by atoms with van der Waals surface area (Å²) < 4.78 is 16.7. The molecule has 0 bridgehead atoms. The molecule has 4 aromatic rings. The summed E-state index contributed by atoms with van der Waals surface area (Å²) >= 11 is 1.27. The molecule has 1 aliphatic rings. The first kappa shape index (κ1) is 26.0. The first-order chi connectivity index (χ1) is 18.4. The van der Waals surface area contributed by atoms with Gasteiger partial charge in [0.25, 0.3) is 5.91 Å². The minimum absolute atomic E-state index is 0.0520. The Hall–Kier alpha value is -3.66. The highest BCUT2D eigenvalue weighted by atomic mass is 32.2. The second kappa shape index (κ2) is 11.4. The van der Waals surface area contributed by atoms with Crippen LogP contribution in [0.1, 0.15) is 40.1 Å². The van der Waals surface area contributed by atoms with Gasteiger partial charge in [0.1, 0.15) is 11.3 Å². The number of carbonyl (C=O) groups excluding carboxylic acids is 1. The van der Waals surface area contributed by atoms with Gasteiger partial charge in [-0.15, -0.1) is 0 Å². The maximum absolute atomic E-state index is 13.4. The third-order valence-electron chi connectivity index (χ3n) is 6.53. The third-order valence-corrected chi connectivity index (χ3v) is 7.43. The normalized spacial score (nSPS) is 14.8. The number of carbonyl (C=O) groups is 1. The SMILES string of the molecule is Cc1cc(C(C)Nc2cccnc2C(=O)NSN2CCOCC2)c2oc(-c3ccccc3)c(C)c(=O)c2c1. The lowest BCUT2D eigenvalue weighted by molar-refractivity contribution is 0.0765. The molecule has 5 rings (SSSR count). The van der Waals surface area contributed by atoms with Crippen molar-refractivity contribution in [3.8, 4) is 11.3 Å². The molecule has 1 saturated heterocycles. The molecule has 196 valence electrons. The number of nitrogens with zero attached hydrogens (tertiary/aromatic N) is 2. The van der Waals surface area contributed by atoms with Crippen molar-refractivity contribution in [3.05, 3.63) is 93.4 Å². The average Bonchev–Trinajstić information content (AvgIpc) is 2.95. The highest BCUT2D eigenvalue weighted by Gasteiger charge is 2.21. The van der Waals surface area contributed by atoms with Crippen molar-refractivity contribution in [1.82, 2.24) is 14.0 Å². The first-order valence-electron chi connectivity index (χ1n) is 12.6. The Balaban J connectivity index is 1.47. The van der Waals surface area contributed by atoms with Crippen LogP contribution in [0.3, 0.4) is 0 Å². The minimum Gasteiger partial charge on any atom is -0.455 e. The number of aromatic nitrogens is 1. The van der Waals surface area contributed by atoms with Gasteiger partial charge < -0.3 is 14.5 Å². The van der Waals surface area contributed by atoms with Crippen LogP contribution in [0.15, 0.2) is 70.0 Å². The van der Waals surface area contributed by atoms with Crippen LogP contribution in [-0.2, 0) is 4.74 Å². The van der Waals surface area contributed by atoms with Gasteiger partial charge in [-0.1, -0.05) is 36.4 Å². The molecule has 0 spiro atoms. The quantitative estimate of drug-likeness (QED) is 0.312. The van der Waals surface area contributed by atoms with Crippen LogP contribution in [0.25, 0.3) is 22.3 Å². The number of hydrogen-bond donors (Lipinski definition) is 2. The molecule has 2 aromatic heterocycles. The third kappa shape index (κ3) is 5.45. The molecule has 1 aliphatic heterocycles. The smallest absolute Gasteiger partial charge is 0.282 e. The zero-order chi connectivity index (χ0) is 26.6. The van der Waals surface area contributed by atoms with Gasteiger partial charge in [0.15, 0.2) is 11.1 Å². The monoisotopic (exact) mass is 530 g/mol. The van der Waals surface area contributed by atoms with E-state index in [1.165, 1.54) is 12.1 Å². The van der Waals surface area contributed by atoms with Gasteiger partial charge >= 0.3 is 0 Å². The molecule has 2 N–H and O–H groups in total. The standard InChI is InChI=1S/C29H30N4O4S/c1-18-16-22(28-23(17-18)26(34)19(2)27(37-28)21-8-5-4-6-9-21)20(3)31-24-10-7-11-30-25(24)29(35)32-38-33-12-14-36-15-13-33/h4-11,16-17,20,31H,12-15H2,1-3H3,(H,32,35). The lowest BCUT2D eigenvalue weighted by Gasteiger charge is -2.25. The van der Waals surface area contributed by atoms with Crippen molar-refractivity contribution in [2.75, 3.05) is 31.6 Å². The molecule has 38 heavy (non-hydrogen) atoms.